The first-order valence-electron chi connectivity index (χ1n) is 19.4. The molecule has 1 aromatic rings. The molecule has 4 aliphatic heterocycles. The fraction of sp³-hybridized carbons (Fsp3) is 0.615. The molecule has 4 fully saturated rings. The predicted octanol–water partition coefficient (Wildman–Crippen LogP) is 1.89. The van der Waals surface area contributed by atoms with E-state index in [4.69, 9.17) is 4.74 Å². The van der Waals surface area contributed by atoms with E-state index < -0.39 is 95.9 Å². The summed E-state index contributed by atoms with van der Waals surface area (Å²) in [4.78, 5) is 101. The molecule has 4 aliphatic rings. The van der Waals surface area contributed by atoms with Crippen molar-refractivity contribution in [2.75, 3.05) is 26.2 Å². The maximum Gasteiger partial charge on any atom is 0.328 e. The Bertz CT molecular complexity index is 1650. The molecule has 0 aliphatic carbocycles. The van der Waals surface area contributed by atoms with Crippen LogP contribution in [0, 0.1) is 17.6 Å². The van der Waals surface area contributed by atoms with E-state index in [2.05, 4.69) is 16.0 Å². The van der Waals surface area contributed by atoms with Crippen LogP contribution in [0.4, 0.5) is 8.78 Å². The molecule has 4 saturated heterocycles. The number of amides is 6. The van der Waals surface area contributed by atoms with Crippen molar-refractivity contribution < 1.29 is 47.1 Å². The Labute approximate surface area is 319 Å². The molecule has 0 saturated carbocycles. The van der Waals surface area contributed by atoms with Gasteiger partial charge in [0.05, 0.1) is 0 Å². The van der Waals surface area contributed by atoms with Crippen molar-refractivity contribution in [1.82, 2.24) is 30.7 Å². The molecule has 3 N–H and O–H groups in total. The Morgan fingerprint density at radius 2 is 1.60 bits per heavy atom. The standard InChI is InChI=1S/C39H52F2N6O8/c1-4-6-7-8-13-33(48)42-28(19-24-17-25(40)20-26(41)18-24)34(49)44-29-22-55-39(54)32-16-23(3)21-47(32)36(51)27(5-2)43-35(50)30-11-9-14-45(30)38(53)31-12-10-15-46(31)37(29)52/h8,13,17-18,20,23,27-32H,4-7,9-12,14-16,19,21-22H2,1-3H3,(H,42,48)(H,43,50)(H,44,49)/b13-8+/t23-,27+,28+,29+,30+,31+,32+/m1/s1. The van der Waals surface area contributed by atoms with Gasteiger partial charge in [-0.25, -0.2) is 13.6 Å². The normalized spacial score (nSPS) is 27.1. The van der Waals surface area contributed by atoms with E-state index in [1.165, 1.54) is 20.8 Å². The molecule has 300 valence electrons. The Kier molecular flexibility index (Phi) is 14.0. The lowest BCUT2D eigenvalue weighted by Gasteiger charge is -2.34. The number of rotatable bonds is 10. The second kappa shape index (κ2) is 18.6. The number of fused-ring (bicyclic) bond motifs is 3. The highest BCUT2D eigenvalue weighted by atomic mass is 19.1. The van der Waals surface area contributed by atoms with Crippen molar-refractivity contribution in [2.45, 2.75) is 121 Å². The van der Waals surface area contributed by atoms with Crippen molar-refractivity contribution in [3.05, 3.63) is 47.5 Å². The fourth-order valence-corrected chi connectivity index (χ4v) is 7.92. The zero-order chi connectivity index (χ0) is 39.8. The summed E-state index contributed by atoms with van der Waals surface area (Å²) in [5.41, 5.74) is 0.0589. The van der Waals surface area contributed by atoms with E-state index in [0.717, 1.165) is 25.0 Å². The Morgan fingerprint density at radius 1 is 0.927 bits per heavy atom. The Morgan fingerprint density at radius 3 is 2.27 bits per heavy atom. The number of nitrogens with one attached hydrogen (secondary N) is 3. The van der Waals surface area contributed by atoms with Crippen LogP contribution in [-0.2, 0) is 44.7 Å². The minimum atomic E-state index is -1.55. The highest BCUT2D eigenvalue weighted by Crippen LogP contribution is 2.28. The van der Waals surface area contributed by atoms with E-state index in [9.17, 15) is 42.3 Å². The number of ether oxygens (including phenoxy) is 1. The predicted molar refractivity (Wildman–Crippen MR) is 195 cm³/mol. The molecule has 5 rings (SSSR count). The molecule has 7 atom stereocenters. The lowest BCUT2D eigenvalue weighted by atomic mass is 10.0. The summed E-state index contributed by atoms with van der Waals surface area (Å²) < 4.78 is 34.1. The van der Waals surface area contributed by atoms with Gasteiger partial charge in [0.25, 0.3) is 0 Å². The molecule has 6 amide bonds. The van der Waals surface area contributed by atoms with Gasteiger partial charge in [0.1, 0.15) is 54.5 Å². The quantitative estimate of drug-likeness (QED) is 0.184. The van der Waals surface area contributed by atoms with Crippen LogP contribution in [0.1, 0.15) is 84.1 Å². The topological polar surface area (TPSA) is 175 Å². The number of allylic oxidation sites excluding steroid dienone is 1. The van der Waals surface area contributed by atoms with Crippen molar-refractivity contribution >= 4 is 41.4 Å². The molecular weight excluding hydrogens is 718 g/mol. The van der Waals surface area contributed by atoms with E-state index in [1.807, 2.05) is 13.8 Å². The zero-order valence-corrected chi connectivity index (χ0v) is 31.7. The molecule has 0 unspecified atom stereocenters. The van der Waals surface area contributed by atoms with Crippen LogP contribution in [0.15, 0.2) is 30.4 Å². The zero-order valence-electron chi connectivity index (χ0n) is 31.7. The van der Waals surface area contributed by atoms with Crippen molar-refractivity contribution in [3.8, 4) is 0 Å². The van der Waals surface area contributed by atoms with Crippen molar-refractivity contribution in [3.63, 3.8) is 0 Å². The third-order valence-electron chi connectivity index (χ3n) is 10.7. The summed E-state index contributed by atoms with van der Waals surface area (Å²) >= 11 is 0. The van der Waals surface area contributed by atoms with Gasteiger partial charge >= 0.3 is 5.97 Å². The average molecular weight is 771 g/mol. The van der Waals surface area contributed by atoms with Crippen LogP contribution in [0.3, 0.4) is 0 Å². The summed E-state index contributed by atoms with van der Waals surface area (Å²) in [7, 11) is 0. The second-order valence-electron chi connectivity index (χ2n) is 15.0. The molecular formula is C39H52F2N6O8. The molecule has 0 aromatic heterocycles. The molecule has 4 heterocycles. The molecule has 0 bridgehead atoms. The van der Waals surface area contributed by atoms with Gasteiger partial charge in [-0.15, -0.1) is 0 Å². The SMILES string of the molecule is CCCC/C=C/C(=O)N[C@@H](Cc1cc(F)cc(F)c1)C(=O)N[C@H]1COC(=O)[C@@H]2C[C@@H](C)CN2C(=O)[C@H](CC)NC(=O)[C@@H]2CCCN2C(=O)[C@@H]2CCCN2C1=O. The number of benzene rings is 1. The number of nitrogens with zero attached hydrogens (tertiary/aromatic N) is 3. The minimum absolute atomic E-state index is 0.0589. The monoisotopic (exact) mass is 770 g/mol. The van der Waals surface area contributed by atoms with Crippen molar-refractivity contribution in [1.29, 1.82) is 0 Å². The number of cyclic esters (lactones) is 1. The average Bonchev–Trinajstić information content (AvgIpc) is 3.92. The first-order valence-corrected chi connectivity index (χ1v) is 19.4. The number of esters is 1. The first kappa shape index (κ1) is 41.3. The van der Waals surface area contributed by atoms with Gasteiger partial charge in [0.15, 0.2) is 0 Å². The Hall–Kier alpha value is -4.89. The summed E-state index contributed by atoms with van der Waals surface area (Å²) in [6.45, 7) is 5.58. The number of halogens is 2. The van der Waals surface area contributed by atoms with Gasteiger partial charge in [0, 0.05) is 32.1 Å². The van der Waals surface area contributed by atoms with Crippen LogP contribution in [0.2, 0.25) is 0 Å². The van der Waals surface area contributed by atoms with E-state index in [-0.39, 0.29) is 56.8 Å². The van der Waals surface area contributed by atoms with Gasteiger partial charge < -0.3 is 35.4 Å². The minimum Gasteiger partial charge on any atom is -0.461 e. The van der Waals surface area contributed by atoms with Gasteiger partial charge in [0.2, 0.25) is 35.4 Å². The number of hydrogen-bond donors (Lipinski definition) is 3. The lowest BCUT2D eigenvalue weighted by molar-refractivity contribution is -0.158. The molecule has 0 radical (unpaired) electrons. The third kappa shape index (κ3) is 10.1. The maximum atomic E-state index is 14.4. The summed E-state index contributed by atoms with van der Waals surface area (Å²) in [5, 5.41) is 7.97. The van der Waals surface area contributed by atoms with Crippen molar-refractivity contribution in [2.24, 2.45) is 5.92 Å². The van der Waals surface area contributed by atoms with Gasteiger partial charge in [-0.1, -0.05) is 39.7 Å². The third-order valence-corrected chi connectivity index (χ3v) is 10.7. The fourth-order valence-electron chi connectivity index (χ4n) is 7.92. The van der Waals surface area contributed by atoms with E-state index >= 15 is 0 Å². The number of unbranched alkanes of at least 4 members (excludes halogenated alkanes) is 2. The largest absolute Gasteiger partial charge is 0.461 e. The van der Waals surface area contributed by atoms with Crippen LogP contribution < -0.4 is 16.0 Å². The van der Waals surface area contributed by atoms with Gasteiger partial charge in [-0.2, -0.15) is 0 Å². The molecule has 0 spiro atoms. The Balaban J connectivity index is 1.47. The molecule has 14 nitrogen and oxygen atoms in total. The van der Waals surface area contributed by atoms with E-state index in [1.54, 1.807) is 13.0 Å². The van der Waals surface area contributed by atoms with Crippen LogP contribution in [0.5, 0.6) is 0 Å². The summed E-state index contributed by atoms with van der Waals surface area (Å²) in [5.74, 6) is -6.36. The smallest absolute Gasteiger partial charge is 0.328 e. The summed E-state index contributed by atoms with van der Waals surface area (Å²) in [6.07, 6.45) is 7.03. The van der Waals surface area contributed by atoms with Crippen LogP contribution in [-0.4, -0.2) is 119 Å². The van der Waals surface area contributed by atoms with Crippen LogP contribution in [0.25, 0.3) is 0 Å². The first-order chi connectivity index (χ1) is 26.3. The lowest BCUT2D eigenvalue weighted by Crippen LogP contribution is -2.60. The summed E-state index contributed by atoms with van der Waals surface area (Å²) in [6, 6.07) is -4.06. The van der Waals surface area contributed by atoms with Gasteiger partial charge in [-0.05, 0) is 74.6 Å². The van der Waals surface area contributed by atoms with E-state index in [0.29, 0.717) is 31.7 Å². The number of hydrogen-bond acceptors (Lipinski definition) is 8. The highest BCUT2D eigenvalue weighted by Gasteiger charge is 2.46. The molecule has 16 heteroatoms. The maximum absolute atomic E-state index is 14.4. The second-order valence-corrected chi connectivity index (χ2v) is 15.0. The number of carbonyl (C=O) groups excluding carboxylic acids is 7. The van der Waals surface area contributed by atoms with Gasteiger partial charge in [-0.3, -0.25) is 28.8 Å². The molecule has 55 heavy (non-hydrogen) atoms. The van der Waals surface area contributed by atoms with Crippen LogP contribution >= 0.6 is 0 Å². The highest BCUT2D eigenvalue weighted by molar-refractivity contribution is 5.98. The number of carbonyl (C=O) groups is 7. The molecule has 1 aromatic carbocycles.